The van der Waals surface area contributed by atoms with Crippen molar-refractivity contribution < 1.29 is 4.74 Å². The Balaban J connectivity index is 2.24. The van der Waals surface area contributed by atoms with Crippen molar-refractivity contribution >= 4 is 27.3 Å². The molecule has 1 aromatic heterocycles. The third-order valence-corrected chi connectivity index (χ3v) is 4.65. The molecule has 1 unspecified atom stereocenters. The lowest BCUT2D eigenvalue weighted by Gasteiger charge is -2.28. The highest BCUT2D eigenvalue weighted by Crippen LogP contribution is 2.31. The molecular weight excluding hydrogens is 336 g/mol. The van der Waals surface area contributed by atoms with Crippen LogP contribution in [0.15, 0.2) is 40.2 Å². The monoisotopic (exact) mass is 354 g/mol. The fourth-order valence-electron chi connectivity index (χ4n) is 2.27. The van der Waals surface area contributed by atoms with Crippen molar-refractivity contribution in [3.63, 3.8) is 0 Å². The number of ether oxygens (including phenoxy) is 1. The van der Waals surface area contributed by atoms with E-state index in [1.54, 1.807) is 18.4 Å². The molecule has 0 bridgehead atoms. The number of nitrogens with zero attached hydrogens (tertiary/aromatic N) is 1. The highest BCUT2D eigenvalue weighted by atomic mass is 79.9. The van der Waals surface area contributed by atoms with E-state index in [4.69, 9.17) is 10.5 Å². The topological polar surface area (TPSA) is 38.5 Å². The Kier molecular flexibility index (Phi) is 5.60. The number of methoxy groups -OCH3 is 1. The second kappa shape index (κ2) is 7.22. The van der Waals surface area contributed by atoms with Gasteiger partial charge in [-0.3, -0.25) is 4.90 Å². The lowest BCUT2D eigenvalue weighted by atomic mass is 10.0. The van der Waals surface area contributed by atoms with E-state index in [0.29, 0.717) is 6.54 Å². The van der Waals surface area contributed by atoms with Gasteiger partial charge in [-0.15, -0.1) is 11.3 Å². The van der Waals surface area contributed by atoms with Gasteiger partial charge in [0.05, 0.1) is 13.2 Å². The number of likely N-dealkylation sites (N-methyl/N-ethyl adjacent to an activating group) is 1. The summed E-state index contributed by atoms with van der Waals surface area (Å²) in [5.41, 5.74) is 7.11. The van der Waals surface area contributed by atoms with Crippen molar-refractivity contribution in [2.24, 2.45) is 5.73 Å². The molecule has 1 atom stereocenters. The van der Waals surface area contributed by atoms with Crippen LogP contribution in [0.4, 0.5) is 0 Å². The van der Waals surface area contributed by atoms with Crippen LogP contribution in [0.5, 0.6) is 5.75 Å². The summed E-state index contributed by atoms with van der Waals surface area (Å²) >= 11 is 5.28. The largest absolute Gasteiger partial charge is 0.496 e. The number of hydrogen-bond acceptors (Lipinski definition) is 4. The number of halogens is 1. The van der Waals surface area contributed by atoms with Gasteiger partial charge in [-0.05, 0) is 36.7 Å². The smallest absolute Gasteiger partial charge is 0.123 e. The normalized spacial score (nSPS) is 12.7. The maximum Gasteiger partial charge on any atom is 0.123 e. The summed E-state index contributed by atoms with van der Waals surface area (Å²) in [6.07, 6.45) is 0. The fraction of sp³-hybridized carbons (Fsp3) is 0.333. The van der Waals surface area contributed by atoms with Gasteiger partial charge in [0.1, 0.15) is 5.75 Å². The summed E-state index contributed by atoms with van der Waals surface area (Å²) in [6.45, 7) is 1.43. The van der Waals surface area contributed by atoms with Crippen LogP contribution in [-0.2, 0) is 6.54 Å². The zero-order chi connectivity index (χ0) is 14.5. The standard InChI is InChI=1S/C15H19BrN2OS/c1-18(10-12-4-3-7-20-12)14(9-17)13-8-11(16)5-6-15(13)19-2/h3-8,14H,9-10,17H2,1-2H3. The highest BCUT2D eigenvalue weighted by molar-refractivity contribution is 9.10. The van der Waals surface area contributed by atoms with Gasteiger partial charge in [0.2, 0.25) is 0 Å². The molecule has 0 radical (unpaired) electrons. The summed E-state index contributed by atoms with van der Waals surface area (Å²) in [7, 11) is 3.79. The zero-order valence-electron chi connectivity index (χ0n) is 11.7. The Bertz CT molecular complexity index is 545. The quantitative estimate of drug-likeness (QED) is 0.860. The first-order chi connectivity index (χ1) is 9.65. The molecule has 1 heterocycles. The molecule has 2 N–H and O–H groups in total. The molecule has 0 fully saturated rings. The predicted molar refractivity (Wildman–Crippen MR) is 88.3 cm³/mol. The number of rotatable bonds is 6. The van der Waals surface area contributed by atoms with Gasteiger partial charge in [0.25, 0.3) is 0 Å². The van der Waals surface area contributed by atoms with E-state index in [-0.39, 0.29) is 6.04 Å². The number of thiophene rings is 1. The summed E-state index contributed by atoms with van der Waals surface area (Å²) in [5.74, 6) is 0.877. The summed E-state index contributed by atoms with van der Waals surface area (Å²) in [6, 6.07) is 10.4. The molecule has 0 saturated carbocycles. The molecule has 0 aliphatic carbocycles. The van der Waals surface area contributed by atoms with Gasteiger partial charge in [-0.2, -0.15) is 0 Å². The van der Waals surface area contributed by atoms with Gasteiger partial charge in [-0.25, -0.2) is 0 Å². The van der Waals surface area contributed by atoms with Gasteiger partial charge in [0.15, 0.2) is 0 Å². The van der Waals surface area contributed by atoms with E-state index in [1.165, 1.54) is 4.88 Å². The Morgan fingerprint density at radius 2 is 2.20 bits per heavy atom. The van der Waals surface area contributed by atoms with Crippen LogP contribution in [0, 0.1) is 0 Å². The van der Waals surface area contributed by atoms with Crippen LogP contribution in [0.3, 0.4) is 0 Å². The molecule has 2 aromatic rings. The highest BCUT2D eigenvalue weighted by Gasteiger charge is 2.20. The van der Waals surface area contributed by atoms with Crippen LogP contribution < -0.4 is 10.5 Å². The molecule has 0 saturated heterocycles. The summed E-state index contributed by atoms with van der Waals surface area (Å²) in [5, 5.41) is 2.10. The minimum absolute atomic E-state index is 0.129. The Labute approximate surface area is 132 Å². The zero-order valence-corrected chi connectivity index (χ0v) is 14.1. The third kappa shape index (κ3) is 3.61. The van der Waals surface area contributed by atoms with E-state index in [9.17, 15) is 0 Å². The maximum absolute atomic E-state index is 6.00. The Morgan fingerprint density at radius 3 is 2.80 bits per heavy atom. The number of hydrogen-bond donors (Lipinski definition) is 1. The minimum Gasteiger partial charge on any atom is -0.496 e. The molecule has 3 nitrogen and oxygen atoms in total. The third-order valence-electron chi connectivity index (χ3n) is 3.29. The molecule has 20 heavy (non-hydrogen) atoms. The van der Waals surface area contributed by atoms with Crippen LogP contribution in [0.2, 0.25) is 0 Å². The summed E-state index contributed by atoms with van der Waals surface area (Å²) < 4.78 is 6.51. The predicted octanol–water partition coefficient (Wildman–Crippen LogP) is 3.65. The molecule has 108 valence electrons. The Morgan fingerprint density at radius 1 is 1.40 bits per heavy atom. The van der Waals surface area contributed by atoms with Gasteiger partial charge in [0, 0.05) is 28.0 Å². The first kappa shape index (κ1) is 15.5. The average molecular weight is 355 g/mol. The average Bonchev–Trinajstić information content (AvgIpc) is 2.93. The van der Waals surface area contributed by atoms with Crippen LogP contribution >= 0.6 is 27.3 Å². The molecule has 0 aliphatic heterocycles. The van der Waals surface area contributed by atoms with Crippen molar-refractivity contribution in [2.45, 2.75) is 12.6 Å². The van der Waals surface area contributed by atoms with Crippen molar-refractivity contribution in [2.75, 3.05) is 20.7 Å². The van der Waals surface area contributed by atoms with E-state index in [0.717, 1.165) is 22.3 Å². The molecule has 5 heteroatoms. The number of nitrogens with two attached hydrogens (primary N) is 1. The molecule has 1 aromatic carbocycles. The summed E-state index contributed by atoms with van der Waals surface area (Å²) in [4.78, 5) is 3.59. The second-order valence-electron chi connectivity index (χ2n) is 4.63. The van der Waals surface area contributed by atoms with Crippen LogP contribution in [0.1, 0.15) is 16.5 Å². The first-order valence-corrected chi connectivity index (χ1v) is 8.09. The molecule has 0 amide bonds. The lowest BCUT2D eigenvalue weighted by molar-refractivity contribution is 0.238. The van der Waals surface area contributed by atoms with Gasteiger partial charge >= 0.3 is 0 Å². The molecule has 2 rings (SSSR count). The van der Waals surface area contributed by atoms with Crippen molar-refractivity contribution in [3.05, 3.63) is 50.6 Å². The molecule has 0 spiro atoms. The Hall–Kier alpha value is -0.880. The second-order valence-corrected chi connectivity index (χ2v) is 6.58. The maximum atomic E-state index is 6.00. The van der Waals surface area contributed by atoms with Crippen LogP contribution in [-0.4, -0.2) is 25.6 Å². The van der Waals surface area contributed by atoms with Crippen molar-refractivity contribution in [1.82, 2.24) is 4.90 Å². The molecular formula is C15H19BrN2OS. The van der Waals surface area contributed by atoms with Gasteiger partial charge in [-0.1, -0.05) is 22.0 Å². The van der Waals surface area contributed by atoms with E-state index >= 15 is 0 Å². The van der Waals surface area contributed by atoms with Crippen molar-refractivity contribution in [3.8, 4) is 5.75 Å². The fourth-order valence-corrected chi connectivity index (χ4v) is 3.41. The van der Waals surface area contributed by atoms with Gasteiger partial charge < -0.3 is 10.5 Å². The van der Waals surface area contributed by atoms with Crippen LogP contribution in [0.25, 0.3) is 0 Å². The SMILES string of the molecule is COc1ccc(Br)cc1C(CN)N(C)Cc1cccs1. The van der Waals surface area contributed by atoms with E-state index in [1.807, 2.05) is 12.1 Å². The van der Waals surface area contributed by atoms with Crippen molar-refractivity contribution in [1.29, 1.82) is 0 Å². The van der Waals surface area contributed by atoms with E-state index in [2.05, 4.69) is 51.5 Å². The molecule has 0 aliphatic rings. The van der Waals surface area contributed by atoms with E-state index < -0.39 is 0 Å². The number of benzene rings is 1. The minimum atomic E-state index is 0.129. The first-order valence-electron chi connectivity index (χ1n) is 6.41. The lowest BCUT2D eigenvalue weighted by Crippen LogP contribution is -2.30.